The van der Waals surface area contributed by atoms with Crippen molar-refractivity contribution in [2.75, 3.05) is 13.1 Å². The fourth-order valence-corrected chi connectivity index (χ4v) is 3.65. The Bertz CT molecular complexity index is 963. The van der Waals surface area contributed by atoms with Crippen LogP contribution in [0.2, 0.25) is 0 Å². The van der Waals surface area contributed by atoms with Crippen LogP contribution >= 0.6 is 0 Å². The molecule has 0 saturated carbocycles. The monoisotopic (exact) mass is 350 g/mol. The van der Waals surface area contributed by atoms with Gasteiger partial charge in [0.2, 0.25) is 0 Å². The predicted octanol–water partition coefficient (Wildman–Crippen LogP) is 2.59. The Morgan fingerprint density at radius 2 is 2.04 bits per heavy atom. The molecule has 1 N–H and O–H groups in total. The Kier molecular flexibility index (Phi) is 4.32. The molecule has 0 unspecified atom stereocenters. The van der Waals surface area contributed by atoms with Crippen molar-refractivity contribution >= 4 is 16.8 Å². The number of likely N-dealkylation sites (tertiary alicyclic amines) is 1. The summed E-state index contributed by atoms with van der Waals surface area (Å²) in [6.07, 6.45) is 5.00. The molecule has 0 aliphatic carbocycles. The molecule has 3 heterocycles. The number of aromatic amines is 1. The highest BCUT2D eigenvalue weighted by molar-refractivity contribution is 5.98. The van der Waals surface area contributed by atoms with E-state index in [-0.39, 0.29) is 11.5 Å². The minimum atomic E-state index is 0.0246. The van der Waals surface area contributed by atoms with Crippen LogP contribution in [0.3, 0.4) is 0 Å². The Balaban J connectivity index is 1.40. The van der Waals surface area contributed by atoms with Crippen LogP contribution in [0.25, 0.3) is 10.9 Å². The first-order valence-corrected chi connectivity index (χ1v) is 9.00. The number of benzene rings is 1. The minimum Gasteiger partial charge on any atom is -0.351 e. The van der Waals surface area contributed by atoms with Crippen LogP contribution in [0.1, 0.15) is 28.9 Å². The van der Waals surface area contributed by atoms with Gasteiger partial charge in [-0.15, -0.1) is 0 Å². The molecular weight excluding hydrogens is 328 g/mol. The number of fused-ring (bicyclic) bond motifs is 1. The molecule has 0 spiro atoms. The number of carbonyl (C=O) groups is 1. The average Bonchev–Trinajstić information content (AvgIpc) is 3.10. The zero-order valence-corrected chi connectivity index (χ0v) is 14.8. The molecule has 1 fully saturated rings. The van der Waals surface area contributed by atoms with E-state index in [9.17, 15) is 9.59 Å². The number of nitrogens with one attached hydrogen (secondary N) is 1. The van der Waals surface area contributed by atoms with Gasteiger partial charge in [-0.3, -0.25) is 14.2 Å². The van der Waals surface area contributed by atoms with Gasteiger partial charge >= 0.3 is 0 Å². The minimum absolute atomic E-state index is 0.0246. The average molecular weight is 350 g/mol. The van der Waals surface area contributed by atoms with Crippen LogP contribution in [0, 0.1) is 12.8 Å². The summed E-state index contributed by atoms with van der Waals surface area (Å²) in [5.74, 6) is 0.442. The fourth-order valence-electron chi connectivity index (χ4n) is 3.65. The van der Waals surface area contributed by atoms with Crippen LogP contribution < -0.4 is 5.56 Å². The molecule has 2 aromatic heterocycles. The van der Waals surface area contributed by atoms with Gasteiger partial charge in [-0.25, -0.2) is 4.98 Å². The molecule has 1 aromatic carbocycles. The molecule has 0 radical (unpaired) electrons. The van der Waals surface area contributed by atoms with Crippen LogP contribution in [-0.2, 0) is 6.54 Å². The molecule has 0 bridgehead atoms. The predicted molar refractivity (Wildman–Crippen MR) is 100 cm³/mol. The third-order valence-corrected chi connectivity index (χ3v) is 5.19. The number of amides is 1. The molecule has 1 amide bonds. The van der Waals surface area contributed by atoms with Gasteiger partial charge in [0, 0.05) is 42.3 Å². The normalized spacial score (nSPS) is 15.5. The molecule has 3 aromatic rings. The van der Waals surface area contributed by atoms with E-state index in [1.807, 2.05) is 35.2 Å². The number of hydrogen-bond donors (Lipinski definition) is 1. The number of aryl methyl sites for hydroxylation is 1. The third-order valence-electron chi connectivity index (χ3n) is 5.19. The zero-order chi connectivity index (χ0) is 18.1. The largest absolute Gasteiger partial charge is 0.351 e. The van der Waals surface area contributed by atoms with E-state index in [2.05, 4.69) is 9.97 Å². The van der Waals surface area contributed by atoms with Gasteiger partial charge in [0.15, 0.2) is 0 Å². The summed E-state index contributed by atoms with van der Waals surface area (Å²) in [6, 6.07) is 9.83. The summed E-state index contributed by atoms with van der Waals surface area (Å²) in [5, 5.41) is 1.05. The van der Waals surface area contributed by atoms with Gasteiger partial charge in [-0.05, 0) is 37.8 Å². The summed E-state index contributed by atoms with van der Waals surface area (Å²) in [5.41, 5.74) is 2.32. The van der Waals surface area contributed by atoms with Crippen molar-refractivity contribution in [2.45, 2.75) is 26.3 Å². The van der Waals surface area contributed by atoms with E-state index in [1.54, 1.807) is 24.0 Å². The van der Waals surface area contributed by atoms with E-state index < -0.39 is 0 Å². The smallest absolute Gasteiger partial charge is 0.270 e. The van der Waals surface area contributed by atoms with Crippen molar-refractivity contribution in [1.29, 1.82) is 0 Å². The van der Waals surface area contributed by atoms with Crippen molar-refractivity contribution in [1.82, 2.24) is 19.4 Å². The molecule has 6 heteroatoms. The molecule has 6 nitrogen and oxygen atoms in total. The van der Waals surface area contributed by atoms with E-state index >= 15 is 0 Å². The van der Waals surface area contributed by atoms with E-state index in [1.165, 1.54) is 0 Å². The van der Waals surface area contributed by atoms with Crippen molar-refractivity contribution in [2.24, 2.45) is 5.92 Å². The summed E-state index contributed by atoms with van der Waals surface area (Å²) in [6.45, 7) is 3.88. The number of H-pyrrole nitrogens is 1. The molecular formula is C20H22N4O2. The first kappa shape index (κ1) is 16.6. The molecule has 1 aliphatic heterocycles. The van der Waals surface area contributed by atoms with Crippen LogP contribution in [0.4, 0.5) is 0 Å². The Morgan fingerprint density at radius 3 is 2.81 bits per heavy atom. The van der Waals surface area contributed by atoms with E-state index in [4.69, 9.17) is 0 Å². The lowest BCUT2D eigenvalue weighted by atomic mass is 9.96. The van der Waals surface area contributed by atoms with Crippen LogP contribution in [0.5, 0.6) is 0 Å². The second-order valence-corrected chi connectivity index (χ2v) is 7.04. The summed E-state index contributed by atoms with van der Waals surface area (Å²) in [4.78, 5) is 34.1. The van der Waals surface area contributed by atoms with Crippen molar-refractivity contribution in [3.8, 4) is 0 Å². The molecule has 134 valence electrons. The maximum Gasteiger partial charge on any atom is 0.270 e. The maximum atomic E-state index is 12.8. The lowest BCUT2D eigenvalue weighted by molar-refractivity contribution is 0.0677. The standard InChI is InChI=1S/C20H22N4O2/c1-14-11-21-13-24(19(14)25)12-15-6-8-23(9-7-15)20(26)18-10-16-4-2-3-5-17(16)22-18/h2-5,10-11,13,15,22H,6-9,12H2,1H3. The maximum absolute atomic E-state index is 12.8. The van der Waals surface area contributed by atoms with Gasteiger partial charge < -0.3 is 9.88 Å². The van der Waals surface area contributed by atoms with Gasteiger partial charge in [0.1, 0.15) is 5.69 Å². The topological polar surface area (TPSA) is 71.0 Å². The molecule has 4 rings (SSSR count). The van der Waals surface area contributed by atoms with Gasteiger partial charge in [-0.1, -0.05) is 18.2 Å². The number of carbonyl (C=O) groups excluding carboxylic acids is 1. The van der Waals surface area contributed by atoms with Crippen molar-refractivity contribution in [3.05, 3.63) is 64.5 Å². The Hall–Kier alpha value is -2.89. The number of piperidine rings is 1. The molecule has 1 saturated heterocycles. The first-order valence-electron chi connectivity index (χ1n) is 9.00. The van der Waals surface area contributed by atoms with Crippen LogP contribution in [-0.4, -0.2) is 38.4 Å². The highest BCUT2D eigenvalue weighted by Crippen LogP contribution is 2.22. The highest BCUT2D eigenvalue weighted by atomic mass is 16.2. The van der Waals surface area contributed by atoms with Gasteiger partial charge in [0.05, 0.1) is 6.33 Å². The number of nitrogens with zero attached hydrogens (tertiary/aromatic N) is 3. The van der Waals surface area contributed by atoms with Gasteiger partial charge in [0.25, 0.3) is 11.5 Å². The summed E-state index contributed by atoms with van der Waals surface area (Å²) < 4.78 is 1.69. The Morgan fingerprint density at radius 1 is 1.27 bits per heavy atom. The summed E-state index contributed by atoms with van der Waals surface area (Å²) in [7, 11) is 0. The van der Waals surface area contributed by atoms with Crippen LogP contribution in [0.15, 0.2) is 47.7 Å². The zero-order valence-electron chi connectivity index (χ0n) is 14.8. The number of aromatic nitrogens is 3. The first-order chi connectivity index (χ1) is 12.6. The molecule has 0 atom stereocenters. The lowest BCUT2D eigenvalue weighted by Crippen LogP contribution is -2.40. The second kappa shape index (κ2) is 6.78. The second-order valence-electron chi connectivity index (χ2n) is 7.04. The van der Waals surface area contributed by atoms with Crippen molar-refractivity contribution < 1.29 is 4.79 Å². The fraction of sp³-hybridized carbons (Fsp3) is 0.350. The van der Waals surface area contributed by atoms with E-state index in [0.29, 0.717) is 36.8 Å². The lowest BCUT2D eigenvalue weighted by Gasteiger charge is -2.32. The van der Waals surface area contributed by atoms with Gasteiger partial charge in [-0.2, -0.15) is 0 Å². The molecule has 1 aliphatic rings. The molecule has 26 heavy (non-hydrogen) atoms. The summed E-state index contributed by atoms with van der Waals surface area (Å²) >= 11 is 0. The number of rotatable bonds is 3. The SMILES string of the molecule is Cc1cncn(CC2CCN(C(=O)c3cc4ccccc4[nH]3)CC2)c1=O. The van der Waals surface area contributed by atoms with E-state index in [0.717, 1.165) is 23.7 Å². The van der Waals surface area contributed by atoms with Crippen molar-refractivity contribution in [3.63, 3.8) is 0 Å². The Labute approximate surface area is 151 Å². The quantitative estimate of drug-likeness (QED) is 0.789. The number of para-hydroxylation sites is 1. The number of hydrogen-bond acceptors (Lipinski definition) is 3. The third kappa shape index (κ3) is 3.14. The highest BCUT2D eigenvalue weighted by Gasteiger charge is 2.25.